The second-order valence-electron chi connectivity index (χ2n) is 18.2. The van der Waals surface area contributed by atoms with Crippen LogP contribution < -0.4 is 37.2 Å². The van der Waals surface area contributed by atoms with Crippen LogP contribution in [-0.4, -0.2) is 120 Å². The van der Waals surface area contributed by atoms with Crippen LogP contribution in [-0.2, 0) is 6.42 Å². The molecule has 0 amide bonds. The Morgan fingerprint density at radius 1 is 0.779 bits per heavy atom. The molecule has 1 aromatic carbocycles. The lowest BCUT2D eigenvalue weighted by Gasteiger charge is -2.40. The summed E-state index contributed by atoms with van der Waals surface area (Å²) in [5.41, 5.74) is 24.7. The van der Waals surface area contributed by atoms with Gasteiger partial charge in [0.25, 0.3) is 0 Å². The van der Waals surface area contributed by atoms with Crippen LogP contribution in [0.15, 0.2) is 68.9 Å². The van der Waals surface area contributed by atoms with Gasteiger partial charge in [-0.3, -0.25) is 9.97 Å². The van der Waals surface area contributed by atoms with Gasteiger partial charge in [-0.25, -0.2) is 29.9 Å². The molecular weight excluding hydrogens is 938 g/mol. The number of anilines is 3. The number of aryl methyl sites for hydroxylation is 2. The molecule has 21 heteroatoms. The fraction of sp³-hybridized carbons (Fsp3) is 0.404. The third kappa shape index (κ3) is 8.54. The van der Waals surface area contributed by atoms with E-state index in [0.29, 0.717) is 63.7 Å². The second kappa shape index (κ2) is 18.7. The quantitative estimate of drug-likeness (QED) is 0.0613. The van der Waals surface area contributed by atoms with Crippen LogP contribution in [0.4, 0.5) is 17.5 Å². The van der Waals surface area contributed by atoms with Gasteiger partial charge in [0.2, 0.25) is 0 Å². The molecule has 9 N–H and O–H groups in total. The molecule has 3 aliphatic rings. The Balaban J connectivity index is 0.852. The Hall–Kier alpha value is -5.12. The third-order valence-corrected chi connectivity index (χ3v) is 16.0. The fourth-order valence-electron chi connectivity index (χ4n) is 9.81. The topological polar surface area (TPSA) is 235 Å². The average molecular weight is 991 g/mol. The Morgan fingerprint density at radius 2 is 1.50 bits per heavy atom. The summed E-state index contributed by atoms with van der Waals surface area (Å²) in [5.74, 6) is 3.65. The van der Waals surface area contributed by atoms with Crippen LogP contribution in [0.5, 0.6) is 0 Å². The van der Waals surface area contributed by atoms with Crippen molar-refractivity contribution in [3.63, 3.8) is 0 Å². The van der Waals surface area contributed by atoms with Crippen molar-refractivity contribution in [1.82, 2.24) is 55.2 Å². The molecule has 4 atom stereocenters. The summed E-state index contributed by atoms with van der Waals surface area (Å²) in [6.45, 7) is 12.0. The normalized spacial score (nSPS) is 18.8. The summed E-state index contributed by atoms with van der Waals surface area (Å²) in [6.07, 6.45) is 6.08. The molecule has 352 valence electrons. The van der Waals surface area contributed by atoms with Gasteiger partial charge >= 0.3 is 0 Å². The first-order valence-corrected chi connectivity index (χ1v) is 25.6. The maximum Gasteiger partial charge on any atom is 0.196 e. The molecule has 0 radical (unpaired) electrons. The highest BCUT2D eigenvalue weighted by molar-refractivity contribution is 7.99. The molecule has 3 unspecified atom stereocenters. The summed E-state index contributed by atoms with van der Waals surface area (Å²) in [7, 11) is 0. The van der Waals surface area contributed by atoms with E-state index in [0.717, 1.165) is 123 Å². The number of hydrogen-bond donors (Lipinski definition) is 6. The number of nitrogens with zero attached hydrogens (tertiary/aromatic N) is 11. The lowest BCUT2D eigenvalue weighted by atomic mass is 9.97. The Labute approximate surface area is 411 Å². The number of halogens is 2. The molecule has 7 aromatic heterocycles. The standard InChI is InChI=1S/C47H53Cl2N17S2/c1-4-31-38(48)36-41(58-31)60-47(68-29-15-34-32(54-18-29)6-5-11-53-34)62-44(36)65-13-10-27(22-65)57-35(17-51)23(2)40-39(49)37-42(59-40)61-46(63-45(37)64-12-9-26(52)21-64)67-28-7-8-30-33(14-28)55-24(3)56-43(30)66-19-25(16-50)20-66/h5-8,11,14-15,18,23,25-27,35,57H,4,9-10,12-13,16-17,19-22,50-52H2,1-3H3,(H,58,60,62)(H,59,61,63)/t23?,26-,27?,35?/m0/s1. The lowest BCUT2D eigenvalue weighted by molar-refractivity contribution is 0.403. The predicted molar refractivity (Wildman–Crippen MR) is 274 cm³/mol. The molecule has 68 heavy (non-hydrogen) atoms. The van der Waals surface area contributed by atoms with Gasteiger partial charge in [-0.1, -0.05) is 37.0 Å². The van der Waals surface area contributed by atoms with E-state index >= 15 is 0 Å². The Bertz CT molecular complexity index is 3200. The molecule has 0 bridgehead atoms. The van der Waals surface area contributed by atoms with Gasteiger partial charge in [0, 0.05) is 115 Å². The zero-order valence-electron chi connectivity index (χ0n) is 38.0. The van der Waals surface area contributed by atoms with E-state index in [9.17, 15) is 0 Å². The summed E-state index contributed by atoms with van der Waals surface area (Å²) >= 11 is 17.4. The minimum atomic E-state index is -0.116. The van der Waals surface area contributed by atoms with Gasteiger partial charge in [-0.15, -0.1) is 0 Å². The molecular formula is C47H53Cl2N17S2. The number of fused-ring (bicyclic) bond motifs is 4. The van der Waals surface area contributed by atoms with Crippen LogP contribution >= 0.6 is 46.7 Å². The summed E-state index contributed by atoms with van der Waals surface area (Å²) in [5, 5.41) is 9.00. The van der Waals surface area contributed by atoms with Crippen molar-refractivity contribution >= 4 is 108 Å². The van der Waals surface area contributed by atoms with E-state index in [-0.39, 0.29) is 24.0 Å². The number of benzene rings is 1. The molecule has 8 aromatic rings. The van der Waals surface area contributed by atoms with E-state index in [1.54, 1.807) is 6.20 Å². The summed E-state index contributed by atoms with van der Waals surface area (Å²) < 4.78 is 0. The zero-order chi connectivity index (χ0) is 46.8. The van der Waals surface area contributed by atoms with E-state index in [2.05, 4.69) is 72.0 Å². The monoisotopic (exact) mass is 989 g/mol. The smallest absolute Gasteiger partial charge is 0.196 e. The Morgan fingerprint density at radius 3 is 2.24 bits per heavy atom. The first-order valence-electron chi connectivity index (χ1n) is 23.2. The van der Waals surface area contributed by atoms with Crippen molar-refractivity contribution in [2.24, 2.45) is 23.1 Å². The molecule has 0 saturated carbocycles. The second-order valence-corrected chi connectivity index (χ2v) is 21.0. The van der Waals surface area contributed by atoms with E-state index in [1.165, 1.54) is 23.5 Å². The van der Waals surface area contributed by atoms with E-state index in [1.807, 2.05) is 31.3 Å². The van der Waals surface area contributed by atoms with Gasteiger partial charge in [-0.05, 0) is 92.7 Å². The minimum Gasteiger partial charge on any atom is -0.355 e. The highest BCUT2D eigenvalue weighted by Crippen LogP contribution is 2.42. The van der Waals surface area contributed by atoms with E-state index < -0.39 is 0 Å². The Kier molecular flexibility index (Phi) is 12.4. The summed E-state index contributed by atoms with van der Waals surface area (Å²) in [4.78, 5) is 54.9. The first kappa shape index (κ1) is 45.3. The first-order chi connectivity index (χ1) is 33.0. The van der Waals surface area contributed by atoms with E-state index in [4.69, 9.17) is 70.3 Å². The number of rotatable bonds is 14. The predicted octanol–water partition coefficient (Wildman–Crippen LogP) is 6.83. The molecule has 0 aliphatic carbocycles. The minimum absolute atomic E-state index is 0.0402. The molecule has 10 heterocycles. The van der Waals surface area contributed by atoms with Gasteiger partial charge in [-0.2, -0.15) is 0 Å². The van der Waals surface area contributed by atoms with Crippen molar-refractivity contribution in [3.05, 3.63) is 76.0 Å². The number of pyridine rings is 2. The third-order valence-electron chi connectivity index (χ3n) is 13.5. The van der Waals surface area contributed by atoms with Gasteiger partial charge in [0.05, 0.1) is 37.4 Å². The highest BCUT2D eigenvalue weighted by atomic mass is 35.5. The van der Waals surface area contributed by atoms with Gasteiger partial charge in [0.1, 0.15) is 34.6 Å². The fourth-order valence-corrected chi connectivity index (χ4v) is 12.1. The summed E-state index contributed by atoms with van der Waals surface area (Å²) in [6, 6.07) is 12.2. The number of nitrogens with one attached hydrogen (secondary N) is 3. The number of hydrogen-bond acceptors (Lipinski definition) is 17. The number of nitrogens with two attached hydrogens (primary N) is 3. The van der Waals surface area contributed by atoms with Gasteiger partial charge in [0.15, 0.2) is 10.3 Å². The van der Waals surface area contributed by atoms with Crippen LogP contribution in [0, 0.1) is 12.8 Å². The molecule has 11 rings (SSSR count). The van der Waals surface area contributed by atoms with Crippen molar-refractivity contribution in [2.45, 2.75) is 84.2 Å². The van der Waals surface area contributed by atoms with Crippen LogP contribution in [0.25, 0.3) is 44.0 Å². The maximum absolute atomic E-state index is 7.43. The largest absolute Gasteiger partial charge is 0.355 e. The van der Waals surface area contributed by atoms with Crippen molar-refractivity contribution in [1.29, 1.82) is 0 Å². The van der Waals surface area contributed by atoms with Crippen LogP contribution in [0.3, 0.4) is 0 Å². The molecule has 3 aliphatic heterocycles. The molecule has 0 spiro atoms. The van der Waals surface area contributed by atoms with Crippen LogP contribution in [0.1, 0.15) is 49.8 Å². The number of aromatic nitrogens is 10. The van der Waals surface area contributed by atoms with Crippen molar-refractivity contribution in [2.75, 3.05) is 67.1 Å². The lowest BCUT2D eigenvalue weighted by Crippen LogP contribution is -2.50. The van der Waals surface area contributed by atoms with Crippen LogP contribution in [0.2, 0.25) is 10.0 Å². The maximum atomic E-state index is 7.43. The number of aromatic amines is 2. The van der Waals surface area contributed by atoms with Crippen molar-refractivity contribution < 1.29 is 0 Å². The SMILES string of the molecule is CCc1[nH]c2nc(Sc3cnc4cccnc4c3)nc(N3CCC(NC(CN)C(C)c4[nH]c5nc(Sc6ccc7c(N8CC(CN)C8)nc(C)nc7c6)nc(N6CC[C@H](N)C6)c5c4Cl)C3)c2c1Cl. The molecule has 3 saturated heterocycles. The number of H-pyrrole nitrogens is 2. The van der Waals surface area contributed by atoms with Crippen molar-refractivity contribution in [3.8, 4) is 0 Å². The molecule has 17 nitrogen and oxygen atoms in total. The van der Waals surface area contributed by atoms with Gasteiger partial charge < -0.3 is 47.2 Å². The zero-order valence-corrected chi connectivity index (χ0v) is 41.2. The molecule has 3 fully saturated rings. The average Bonchev–Trinajstić information content (AvgIpc) is 4.12. The highest BCUT2D eigenvalue weighted by Gasteiger charge is 2.34.